The Labute approximate surface area is 135 Å². The van der Waals surface area contributed by atoms with E-state index < -0.39 is 0 Å². The van der Waals surface area contributed by atoms with Gasteiger partial charge in [0.15, 0.2) is 0 Å². The van der Waals surface area contributed by atoms with Gasteiger partial charge in [0.05, 0.1) is 7.11 Å². The van der Waals surface area contributed by atoms with Crippen LogP contribution in [0, 0.1) is 6.92 Å². The molecule has 1 aliphatic heterocycles. The Morgan fingerprint density at radius 1 is 1.13 bits per heavy atom. The van der Waals surface area contributed by atoms with Gasteiger partial charge in [-0.25, -0.2) is 4.99 Å². The number of amides is 1. The van der Waals surface area contributed by atoms with E-state index in [2.05, 4.69) is 10.3 Å². The minimum absolute atomic E-state index is 0.156. The highest BCUT2D eigenvalue weighted by atomic mass is 16.5. The summed E-state index contributed by atoms with van der Waals surface area (Å²) >= 11 is 0. The molecule has 0 saturated carbocycles. The number of carbonyl (C=O) groups excluding carboxylic acids is 1. The van der Waals surface area contributed by atoms with Crippen molar-refractivity contribution in [3.63, 3.8) is 0 Å². The summed E-state index contributed by atoms with van der Waals surface area (Å²) in [5, 5.41) is 2.83. The molecule has 0 unspecified atom stereocenters. The highest BCUT2D eigenvalue weighted by Crippen LogP contribution is 2.17. The number of hydrogen-bond acceptors (Lipinski definition) is 3. The minimum Gasteiger partial charge on any atom is -0.497 e. The van der Waals surface area contributed by atoms with Crippen LogP contribution in [0.2, 0.25) is 0 Å². The Morgan fingerprint density at radius 2 is 1.87 bits per heavy atom. The summed E-state index contributed by atoms with van der Waals surface area (Å²) in [6, 6.07) is 15.7. The minimum atomic E-state index is -0.156. The molecule has 4 nitrogen and oxygen atoms in total. The smallest absolute Gasteiger partial charge is 0.275 e. The van der Waals surface area contributed by atoms with E-state index in [0.717, 1.165) is 22.4 Å². The molecular weight excluding hydrogens is 288 g/mol. The number of nitrogens with zero attached hydrogens (tertiary/aromatic N) is 1. The first kappa shape index (κ1) is 15.0. The number of rotatable bonds is 4. The number of amidine groups is 1. The zero-order valence-corrected chi connectivity index (χ0v) is 13.2. The third-order valence-electron chi connectivity index (χ3n) is 3.76. The molecule has 116 valence electrons. The molecule has 0 aliphatic carbocycles. The van der Waals surface area contributed by atoms with Crippen molar-refractivity contribution < 1.29 is 9.53 Å². The van der Waals surface area contributed by atoms with Gasteiger partial charge in [0.1, 0.15) is 17.3 Å². The third kappa shape index (κ3) is 3.48. The summed E-state index contributed by atoms with van der Waals surface area (Å²) in [5.41, 5.74) is 3.64. The highest BCUT2D eigenvalue weighted by Gasteiger charge is 2.20. The number of aryl methyl sites for hydroxylation is 1. The molecule has 0 bridgehead atoms. The van der Waals surface area contributed by atoms with Gasteiger partial charge in [0, 0.05) is 6.42 Å². The van der Waals surface area contributed by atoms with Gasteiger partial charge in [0.25, 0.3) is 5.91 Å². The van der Waals surface area contributed by atoms with Crippen LogP contribution < -0.4 is 10.1 Å². The molecule has 1 heterocycles. The molecule has 0 atom stereocenters. The number of aliphatic imine (C=N–C) groups is 1. The van der Waals surface area contributed by atoms with Gasteiger partial charge >= 0.3 is 0 Å². The van der Waals surface area contributed by atoms with Crippen LogP contribution in [-0.2, 0) is 11.2 Å². The van der Waals surface area contributed by atoms with Crippen LogP contribution in [0.15, 0.2) is 59.2 Å². The van der Waals surface area contributed by atoms with E-state index in [1.54, 1.807) is 7.11 Å². The summed E-state index contributed by atoms with van der Waals surface area (Å²) < 4.78 is 5.14. The predicted molar refractivity (Wildman–Crippen MR) is 91.4 cm³/mol. The summed E-state index contributed by atoms with van der Waals surface area (Å²) in [6.45, 7) is 2.02. The van der Waals surface area contributed by atoms with Crippen LogP contribution in [0.25, 0.3) is 6.08 Å². The van der Waals surface area contributed by atoms with Gasteiger partial charge in [-0.05, 0) is 41.8 Å². The molecule has 0 aromatic heterocycles. The molecule has 0 spiro atoms. The van der Waals surface area contributed by atoms with Crippen LogP contribution in [0.1, 0.15) is 16.7 Å². The third-order valence-corrected chi connectivity index (χ3v) is 3.76. The van der Waals surface area contributed by atoms with Crippen LogP contribution >= 0.6 is 0 Å². The van der Waals surface area contributed by atoms with E-state index in [9.17, 15) is 4.79 Å². The normalized spacial score (nSPS) is 15.5. The van der Waals surface area contributed by atoms with E-state index in [-0.39, 0.29) is 5.91 Å². The number of methoxy groups -OCH3 is 1. The summed E-state index contributed by atoms with van der Waals surface area (Å²) in [6.07, 6.45) is 2.41. The Morgan fingerprint density at radius 3 is 2.57 bits per heavy atom. The van der Waals surface area contributed by atoms with Crippen molar-refractivity contribution in [2.24, 2.45) is 4.99 Å². The molecule has 1 N–H and O–H groups in total. The lowest BCUT2D eigenvalue weighted by Gasteiger charge is -2.03. The van der Waals surface area contributed by atoms with Crippen molar-refractivity contribution in [1.29, 1.82) is 0 Å². The fourth-order valence-electron chi connectivity index (χ4n) is 2.43. The Kier molecular flexibility index (Phi) is 4.24. The molecule has 4 heteroatoms. The monoisotopic (exact) mass is 306 g/mol. The largest absolute Gasteiger partial charge is 0.497 e. The van der Waals surface area contributed by atoms with Crippen molar-refractivity contribution >= 4 is 17.8 Å². The lowest BCUT2D eigenvalue weighted by molar-refractivity contribution is -0.115. The van der Waals surface area contributed by atoms with Crippen LogP contribution in [0.4, 0.5) is 0 Å². The lowest BCUT2D eigenvalue weighted by atomic mass is 10.1. The van der Waals surface area contributed by atoms with Gasteiger partial charge in [-0.15, -0.1) is 0 Å². The maximum atomic E-state index is 12.1. The molecular formula is C19H18N2O2. The number of benzene rings is 2. The molecule has 1 aliphatic rings. The second-order valence-corrected chi connectivity index (χ2v) is 5.42. The van der Waals surface area contributed by atoms with Gasteiger partial charge in [-0.1, -0.05) is 36.4 Å². The average molecular weight is 306 g/mol. The zero-order valence-electron chi connectivity index (χ0n) is 13.2. The molecule has 3 rings (SSSR count). The van der Waals surface area contributed by atoms with Crippen molar-refractivity contribution in [2.75, 3.05) is 7.11 Å². The van der Waals surface area contributed by atoms with Gasteiger partial charge in [0.2, 0.25) is 0 Å². The maximum Gasteiger partial charge on any atom is 0.275 e. The second-order valence-electron chi connectivity index (χ2n) is 5.42. The Bertz CT molecular complexity index is 789. The van der Waals surface area contributed by atoms with Crippen LogP contribution in [0.5, 0.6) is 5.75 Å². The molecule has 0 saturated heterocycles. The average Bonchev–Trinajstić information content (AvgIpc) is 2.90. The molecule has 0 fully saturated rings. The Hall–Kier alpha value is -2.88. The zero-order chi connectivity index (χ0) is 16.2. The van der Waals surface area contributed by atoms with Crippen LogP contribution in [0.3, 0.4) is 0 Å². The first-order valence-electron chi connectivity index (χ1n) is 7.45. The number of ether oxygens (including phenoxy) is 1. The van der Waals surface area contributed by atoms with Gasteiger partial charge in [-0.2, -0.15) is 0 Å². The maximum absolute atomic E-state index is 12.1. The second kappa shape index (κ2) is 6.48. The first-order chi connectivity index (χ1) is 11.2. The highest BCUT2D eigenvalue weighted by molar-refractivity contribution is 6.14. The molecule has 1 amide bonds. The Balaban J connectivity index is 1.79. The van der Waals surface area contributed by atoms with E-state index in [1.807, 2.05) is 61.5 Å². The summed E-state index contributed by atoms with van der Waals surface area (Å²) in [7, 11) is 1.64. The molecule has 23 heavy (non-hydrogen) atoms. The van der Waals surface area contributed by atoms with Crippen LogP contribution in [-0.4, -0.2) is 18.9 Å². The van der Waals surface area contributed by atoms with E-state index in [0.29, 0.717) is 18.0 Å². The van der Waals surface area contributed by atoms with Crippen molar-refractivity contribution in [3.8, 4) is 5.75 Å². The molecule has 2 aromatic carbocycles. The predicted octanol–water partition coefficient (Wildman–Crippen LogP) is 3.12. The summed E-state index contributed by atoms with van der Waals surface area (Å²) in [4.78, 5) is 16.5. The van der Waals surface area contributed by atoms with Crippen molar-refractivity contribution in [1.82, 2.24) is 5.32 Å². The summed E-state index contributed by atoms with van der Waals surface area (Å²) in [5.74, 6) is 1.32. The van der Waals surface area contributed by atoms with E-state index in [1.165, 1.54) is 0 Å². The van der Waals surface area contributed by atoms with Crippen molar-refractivity contribution in [2.45, 2.75) is 13.3 Å². The number of nitrogens with one attached hydrogen (secondary N) is 1. The number of hydrogen-bond donors (Lipinski definition) is 1. The fourth-order valence-corrected chi connectivity index (χ4v) is 2.43. The van der Waals surface area contributed by atoms with E-state index >= 15 is 0 Å². The SMILES string of the molecule is COc1ccc(CC2=N/C(=C\c3ccccc3C)C(=O)N2)cc1. The standard InChI is InChI=1S/C19H18N2O2/c1-13-5-3-4-6-15(13)12-17-19(22)21-18(20-17)11-14-7-9-16(23-2)10-8-14/h3-10,12H,11H2,1-2H3,(H,20,21,22)/b17-12-. The fraction of sp³-hybridized carbons (Fsp3) is 0.158. The van der Waals surface area contributed by atoms with E-state index in [4.69, 9.17) is 4.74 Å². The van der Waals surface area contributed by atoms with Crippen molar-refractivity contribution in [3.05, 3.63) is 70.9 Å². The van der Waals surface area contributed by atoms with Gasteiger partial charge in [-0.3, -0.25) is 4.79 Å². The lowest BCUT2D eigenvalue weighted by Crippen LogP contribution is -2.25. The first-order valence-corrected chi connectivity index (χ1v) is 7.45. The topological polar surface area (TPSA) is 50.7 Å². The quantitative estimate of drug-likeness (QED) is 0.882. The van der Waals surface area contributed by atoms with Gasteiger partial charge < -0.3 is 10.1 Å². The molecule has 2 aromatic rings. The number of carbonyl (C=O) groups is 1. The molecule has 0 radical (unpaired) electrons.